The average molecular weight is 285 g/mol. The Labute approximate surface area is 118 Å². The average Bonchev–Trinajstić information content (AvgIpc) is 2.40. The minimum atomic E-state index is -1.06. The topological polar surface area (TPSA) is 90.9 Å². The second-order valence-electron chi connectivity index (χ2n) is 5.46. The molecule has 0 radical (unpaired) electrons. The highest BCUT2D eigenvalue weighted by Gasteiger charge is 2.45. The van der Waals surface area contributed by atoms with Crippen molar-refractivity contribution < 1.29 is 19.4 Å². The highest BCUT2D eigenvalue weighted by atomic mass is 16.5. The molecule has 7 nitrogen and oxygen atoms in total. The fraction of sp³-hybridized carbons (Fsp3) is 0.846. The molecule has 1 unspecified atom stereocenters. The zero-order valence-electron chi connectivity index (χ0n) is 11.9. The van der Waals surface area contributed by atoms with E-state index in [1.165, 1.54) is 0 Å². The van der Waals surface area contributed by atoms with Crippen molar-refractivity contribution in [3.8, 4) is 0 Å². The summed E-state index contributed by atoms with van der Waals surface area (Å²) in [5.41, 5.74) is -1.06. The molecule has 1 atom stereocenters. The van der Waals surface area contributed by atoms with Crippen LogP contribution in [0.15, 0.2) is 0 Å². The number of morpholine rings is 1. The van der Waals surface area contributed by atoms with Crippen molar-refractivity contribution in [2.45, 2.75) is 37.8 Å². The summed E-state index contributed by atoms with van der Waals surface area (Å²) in [6.45, 7) is 5.84. The number of nitrogens with zero attached hydrogens (tertiary/aromatic N) is 1. The van der Waals surface area contributed by atoms with Gasteiger partial charge in [-0.25, -0.2) is 9.59 Å². The fourth-order valence-corrected chi connectivity index (χ4v) is 2.58. The highest BCUT2D eigenvalue weighted by molar-refractivity contribution is 5.87. The zero-order chi connectivity index (χ0) is 14.6. The van der Waals surface area contributed by atoms with Gasteiger partial charge in [-0.05, 0) is 25.8 Å². The Hall–Kier alpha value is -1.34. The normalized spacial score (nSPS) is 25.6. The van der Waals surface area contributed by atoms with E-state index in [1.807, 2.05) is 0 Å². The van der Waals surface area contributed by atoms with Gasteiger partial charge >= 0.3 is 12.0 Å². The number of carbonyl (C=O) groups is 2. The standard InChI is InChI=1S/C13H23N3O4/c1-2-16-6-7-20-10(9-16)8-14-12(19)15-13(11(17)18)4-3-5-13/h10H,2-9H2,1H3,(H,17,18)(H2,14,15,19). The smallest absolute Gasteiger partial charge is 0.329 e. The molecular formula is C13H23N3O4. The zero-order valence-corrected chi connectivity index (χ0v) is 11.9. The minimum absolute atomic E-state index is 0.0309. The Bertz CT molecular complexity index is 371. The van der Waals surface area contributed by atoms with Gasteiger partial charge in [0.1, 0.15) is 5.54 Å². The van der Waals surface area contributed by atoms with Gasteiger partial charge in [-0.3, -0.25) is 4.90 Å². The lowest BCUT2D eigenvalue weighted by Gasteiger charge is -2.38. The van der Waals surface area contributed by atoms with Crippen LogP contribution in [0.5, 0.6) is 0 Å². The van der Waals surface area contributed by atoms with Crippen LogP contribution in [0.1, 0.15) is 26.2 Å². The molecule has 0 bridgehead atoms. The lowest BCUT2D eigenvalue weighted by atomic mass is 9.77. The van der Waals surface area contributed by atoms with E-state index in [4.69, 9.17) is 9.84 Å². The molecule has 1 aliphatic carbocycles. The van der Waals surface area contributed by atoms with Gasteiger partial charge in [0.2, 0.25) is 0 Å². The van der Waals surface area contributed by atoms with Crippen LogP contribution < -0.4 is 10.6 Å². The summed E-state index contributed by atoms with van der Waals surface area (Å²) < 4.78 is 5.58. The summed E-state index contributed by atoms with van der Waals surface area (Å²) in [5.74, 6) is -0.954. The molecule has 1 saturated heterocycles. The summed E-state index contributed by atoms with van der Waals surface area (Å²) in [6, 6.07) is -0.427. The quantitative estimate of drug-likeness (QED) is 0.662. The van der Waals surface area contributed by atoms with Gasteiger partial charge in [0.05, 0.1) is 12.7 Å². The van der Waals surface area contributed by atoms with E-state index in [0.29, 0.717) is 26.0 Å². The molecule has 2 aliphatic rings. The highest BCUT2D eigenvalue weighted by Crippen LogP contribution is 2.31. The first-order valence-electron chi connectivity index (χ1n) is 7.19. The first-order chi connectivity index (χ1) is 9.55. The number of hydrogen-bond donors (Lipinski definition) is 3. The predicted octanol–water partition coefficient (Wildman–Crippen LogP) is 0.0136. The Balaban J connectivity index is 1.73. The molecule has 0 aromatic carbocycles. The third-order valence-electron chi connectivity index (χ3n) is 4.13. The lowest BCUT2D eigenvalue weighted by Crippen LogP contribution is -2.61. The SMILES string of the molecule is CCN1CCOC(CNC(=O)NC2(C(=O)O)CCC2)C1. The van der Waals surface area contributed by atoms with E-state index in [9.17, 15) is 9.59 Å². The number of ether oxygens (including phenoxy) is 1. The number of amides is 2. The molecule has 1 aliphatic heterocycles. The molecular weight excluding hydrogens is 262 g/mol. The number of carbonyl (C=O) groups excluding carboxylic acids is 1. The summed E-state index contributed by atoms with van der Waals surface area (Å²) in [7, 11) is 0. The van der Waals surface area contributed by atoms with E-state index in [1.54, 1.807) is 0 Å². The summed E-state index contributed by atoms with van der Waals surface area (Å²) >= 11 is 0. The van der Waals surface area contributed by atoms with Crippen molar-refractivity contribution in [1.82, 2.24) is 15.5 Å². The summed E-state index contributed by atoms with van der Waals surface area (Å²) in [6.07, 6.45) is 1.80. The van der Waals surface area contributed by atoms with Crippen molar-refractivity contribution in [3.05, 3.63) is 0 Å². The van der Waals surface area contributed by atoms with Crippen molar-refractivity contribution in [3.63, 3.8) is 0 Å². The first-order valence-corrected chi connectivity index (χ1v) is 7.19. The van der Waals surface area contributed by atoms with E-state index >= 15 is 0 Å². The molecule has 2 rings (SSSR count). The van der Waals surface area contributed by atoms with Crippen LogP contribution in [0.3, 0.4) is 0 Å². The molecule has 2 amide bonds. The van der Waals surface area contributed by atoms with Crippen LogP contribution in [-0.2, 0) is 9.53 Å². The maximum atomic E-state index is 11.8. The van der Waals surface area contributed by atoms with Crippen molar-refractivity contribution >= 4 is 12.0 Å². The molecule has 0 aromatic rings. The van der Waals surface area contributed by atoms with E-state index < -0.39 is 17.5 Å². The second kappa shape index (κ2) is 6.41. The molecule has 1 saturated carbocycles. The maximum absolute atomic E-state index is 11.8. The molecule has 3 N–H and O–H groups in total. The Morgan fingerprint density at radius 2 is 2.20 bits per heavy atom. The Morgan fingerprint density at radius 3 is 2.75 bits per heavy atom. The largest absolute Gasteiger partial charge is 0.480 e. The number of nitrogens with one attached hydrogen (secondary N) is 2. The van der Waals surface area contributed by atoms with E-state index in [0.717, 1.165) is 26.1 Å². The molecule has 114 valence electrons. The lowest BCUT2D eigenvalue weighted by molar-refractivity contribution is -0.148. The van der Waals surface area contributed by atoms with Crippen LogP contribution in [0, 0.1) is 0 Å². The van der Waals surface area contributed by atoms with Crippen molar-refractivity contribution in [2.75, 3.05) is 32.8 Å². The maximum Gasteiger partial charge on any atom is 0.329 e. The van der Waals surface area contributed by atoms with Crippen LogP contribution in [-0.4, -0.2) is 66.4 Å². The third kappa shape index (κ3) is 3.40. The van der Waals surface area contributed by atoms with Gasteiger partial charge < -0.3 is 20.5 Å². The van der Waals surface area contributed by atoms with E-state index in [-0.39, 0.29) is 6.10 Å². The first kappa shape index (κ1) is 15.1. The molecule has 1 heterocycles. The number of hydrogen-bond acceptors (Lipinski definition) is 4. The molecule has 20 heavy (non-hydrogen) atoms. The van der Waals surface area contributed by atoms with Crippen molar-refractivity contribution in [2.24, 2.45) is 0 Å². The van der Waals surface area contributed by atoms with E-state index in [2.05, 4.69) is 22.5 Å². The Morgan fingerprint density at radius 1 is 1.45 bits per heavy atom. The third-order valence-corrected chi connectivity index (χ3v) is 4.13. The van der Waals surface area contributed by atoms with Gasteiger partial charge in [0, 0.05) is 19.6 Å². The monoisotopic (exact) mass is 285 g/mol. The number of aliphatic carboxylic acids is 1. The van der Waals surface area contributed by atoms with Gasteiger partial charge in [0.15, 0.2) is 0 Å². The van der Waals surface area contributed by atoms with Gasteiger partial charge in [-0.15, -0.1) is 0 Å². The number of likely N-dealkylation sites (N-methyl/N-ethyl adjacent to an activating group) is 1. The predicted molar refractivity (Wildman–Crippen MR) is 72.6 cm³/mol. The van der Waals surface area contributed by atoms with Gasteiger partial charge in [-0.2, -0.15) is 0 Å². The van der Waals surface area contributed by atoms with Crippen LogP contribution in [0.2, 0.25) is 0 Å². The number of urea groups is 1. The van der Waals surface area contributed by atoms with Crippen LogP contribution in [0.4, 0.5) is 4.79 Å². The molecule has 2 fully saturated rings. The molecule has 0 spiro atoms. The number of rotatable bonds is 5. The number of carboxylic acids is 1. The molecule has 7 heteroatoms. The number of carboxylic acid groups (broad SMARTS) is 1. The van der Waals surface area contributed by atoms with Gasteiger partial charge in [0.25, 0.3) is 0 Å². The fourth-order valence-electron chi connectivity index (χ4n) is 2.58. The Kier molecular flexibility index (Phi) is 4.82. The van der Waals surface area contributed by atoms with Crippen LogP contribution in [0.25, 0.3) is 0 Å². The van der Waals surface area contributed by atoms with Gasteiger partial charge in [-0.1, -0.05) is 6.92 Å². The van der Waals surface area contributed by atoms with Crippen molar-refractivity contribution in [1.29, 1.82) is 0 Å². The summed E-state index contributed by atoms with van der Waals surface area (Å²) in [5, 5.41) is 14.4. The second-order valence-corrected chi connectivity index (χ2v) is 5.46. The summed E-state index contributed by atoms with van der Waals surface area (Å²) in [4.78, 5) is 25.2. The molecule has 0 aromatic heterocycles. The minimum Gasteiger partial charge on any atom is -0.480 e. The van der Waals surface area contributed by atoms with Crippen LogP contribution >= 0.6 is 0 Å².